The van der Waals surface area contributed by atoms with E-state index in [1.807, 2.05) is 55.5 Å². The van der Waals surface area contributed by atoms with Crippen LogP contribution in [0.2, 0.25) is 0 Å². The zero-order chi connectivity index (χ0) is 17.6. The second-order valence-electron chi connectivity index (χ2n) is 5.68. The van der Waals surface area contributed by atoms with Crippen LogP contribution in [0.3, 0.4) is 0 Å². The van der Waals surface area contributed by atoms with Crippen LogP contribution in [-0.2, 0) is 4.79 Å². The quantitative estimate of drug-likeness (QED) is 0.835. The number of carbonyl (C=O) groups is 1. The van der Waals surface area contributed by atoms with Crippen molar-refractivity contribution >= 4 is 11.6 Å². The third-order valence-corrected chi connectivity index (χ3v) is 3.94. The lowest BCUT2D eigenvalue weighted by Crippen LogP contribution is -2.48. The molecule has 2 aromatic rings. The van der Waals surface area contributed by atoms with Gasteiger partial charge in [0.2, 0.25) is 0 Å². The number of para-hydroxylation sites is 2. The number of hydrogen-bond acceptors (Lipinski definition) is 5. The molecule has 25 heavy (non-hydrogen) atoms. The first-order valence-corrected chi connectivity index (χ1v) is 8.33. The summed E-state index contributed by atoms with van der Waals surface area (Å²) in [5, 5.41) is 0. The number of rotatable bonds is 7. The van der Waals surface area contributed by atoms with Crippen molar-refractivity contribution in [1.29, 1.82) is 0 Å². The minimum absolute atomic E-state index is 0.416. The summed E-state index contributed by atoms with van der Waals surface area (Å²) in [5.74, 6) is 1.79. The maximum atomic E-state index is 11.5. The third-order valence-electron chi connectivity index (χ3n) is 3.94. The van der Waals surface area contributed by atoms with Crippen LogP contribution in [0.15, 0.2) is 48.5 Å². The van der Waals surface area contributed by atoms with Crippen LogP contribution in [0.5, 0.6) is 17.2 Å². The monoisotopic (exact) mass is 342 g/mol. The molecule has 6 nitrogen and oxygen atoms in total. The van der Waals surface area contributed by atoms with Gasteiger partial charge in [-0.05, 0) is 43.3 Å². The van der Waals surface area contributed by atoms with E-state index in [1.54, 1.807) is 0 Å². The van der Waals surface area contributed by atoms with Gasteiger partial charge in [-0.3, -0.25) is 4.79 Å². The summed E-state index contributed by atoms with van der Waals surface area (Å²) in [6, 6.07) is 15.1. The first-order valence-electron chi connectivity index (χ1n) is 8.33. The van der Waals surface area contributed by atoms with Gasteiger partial charge in [0.1, 0.15) is 23.9 Å². The SMILES string of the molecule is CCOc1ccc(OCCN2C[C@H](C(N)=O)Oc3ccccc32)cc1. The van der Waals surface area contributed by atoms with E-state index < -0.39 is 12.0 Å². The summed E-state index contributed by atoms with van der Waals surface area (Å²) in [5.41, 5.74) is 6.35. The Balaban J connectivity index is 1.61. The van der Waals surface area contributed by atoms with Crippen molar-refractivity contribution in [3.63, 3.8) is 0 Å². The number of anilines is 1. The van der Waals surface area contributed by atoms with Crippen molar-refractivity contribution in [2.75, 3.05) is 31.2 Å². The highest BCUT2D eigenvalue weighted by Crippen LogP contribution is 2.32. The van der Waals surface area contributed by atoms with Crippen LogP contribution >= 0.6 is 0 Å². The highest BCUT2D eigenvalue weighted by molar-refractivity contribution is 5.81. The van der Waals surface area contributed by atoms with E-state index in [4.69, 9.17) is 19.9 Å². The summed E-state index contributed by atoms with van der Waals surface area (Å²) < 4.78 is 16.9. The molecule has 6 heteroatoms. The van der Waals surface area contributed by atoms with Gasteiger partial charge < -0.3 is 24.8 Å². The number of hydrogen-bond donors (Lipinski definition) is 1. The number of nitrogens with zero attached hydrogens (tertiary/aromatic N) is 1. The summed E-state index contributed by atoms with van der Waals surface area (Å²) in [7, 11) is 0. The van der Waals surface area contributed by atoms with Crippen molar-refractivity contribution < 1.29 is 19.0 Å². The largest absolute Gasteiger partial charge is 0.494 e. The fourth-order valence-electron chi connectivity index (χ4n) is 2.74. The minimum atomic E-state index is -0.652. The Bertz CT molecular complexity index is 718. The van der Waals surface area contributed by atoms with Crippen molar-refractivity contribution in [2.24, 2.45) is 5.73 Å². The number of amides is 1. The number of primary amides is 1. The molecule has 132 valence electrons. The fraction of sp³-hybridized carbons (Fsp3) is 0.316. The Labute approximate surface area is 147 Å². The third kappa shape index (κ3) is 4.15. The number of carbonyl (C=O) groups excluding carboxylic acids is 1. The number of benzene rings is 2. The zero-order valence-corrected chi connectivity index (χ0v) is 14.2. The number of fused-ring (bicyclic) bond motifs is 1. The molecule has 2 aromatic carbocycles. The van der Waals surface area contributed by atoms with Crippen molar-refractivity contribution in [3.8, 4) is 17.2 Å². The smallest absolute Gasteiger partial charge is 0.260 e. The molecular formula is C19H22N2O4. The van der Waals surface area contributed by atoms with Gasteiger partial charge >= 0.3 is 0 Å². The van der Waals surface area contributed by atoms with Gasteiger partial charge in [0.15, 0.2) is 6.10 Å². The maximum Gasteiger partial charge on any atom is 0.260 e. The molecular weight excluding hydrogens is 320 g/mol. The lowest BCUT2D eigenvalue weighted by molar-refractivity contribution is -0.124. The molecule has 3 rings (SSSR count). The van der Waals surface area contributed by atoms with E-state index in [1.165, 1.54) is 0 Å². The summed E-state index contributed by atoms with van der Waals surface area (Å²) >= 11 is 0. The number of nitrogens with two attached hydrogens (primary N) is 1. The molecule has 1 aliphatic rings. The molecule has 0 fully saturated rings. The van der Waals surface area contributed by atoms with Crippen LogP contribution in [0, 0.1) is 0 Å². The highest BCUT2D eigenvalue weighted by Gasteiger charge is 2.28. The second-order valence-corrected chi connectivity index (χ2v) is 5.68. The van der Waals surface area contributed by atoms with Gasteiger partial charge in [-0.1, -0.05) is 12.1 Å². The standard InChI is InChI=1S/C19H22N2O4/c1-2-23-14-7-9-15(10-8-14)24-12-11-21-13-18(19(20)22)25-17-6-4-3-5-16(17)21/h3-10,18H,2,11-13H2,1H3,(H2,20,22)/t18-/m1/s1. The average Bonchev–Trinajstić information content (AvgIpc) is 2.63. The molecule has 1 amide bonds. The summed E-state index contributed by atoms with van der Waals surface area (Å²) in [6.45, 7) is 4.10. The Hall–Kier alpha value is -2.89. The Kier molecular flexibility index (Phi) is 5.28. The molecule has 2 N–H and O–H groups in total. The Morgan fingerprint density at radius 2 is 1.84 bits per heavy atom. The molecule has 0 unspecified atom stereocenters. The van der Waals surface area contributed by atoms with Gasteiger partial charge in [-0.25, -0.2) is 0 Å². The minimum Gasteiger partial charge on any atom is -0.494 e. The molecule has 0 spiro atoms. The normalized spacial score (nSPS) is 15.9. The van der Waals surface area contributed by atoms with Gasteiger partial charge in [0.05, 0.1) is 25.4 Å². The van der Waals surface area contributed by atoms with Crippen LogP contribution in [0.4, 0.5) is 5.69 Å². The molecule has 1 heterocycles. The van der Waals surface area contributed by atoms with Crippen molar-refractivity contribution in [1.82, 2.24) is 0 Å². The van der Waals surface area contributed by atoms with Crippen LogP contribution in [0.1, 0.15) is 6.92 Å². The van der Waals surface area contributed by atoms with Crippen LogP contribution in [-0.4, -0.2) is 38.3 Å². The van der Waals surface area contributed by atoms with Gasteiger partial charge in [-0.15, -0.1) is 0 Å². The lowest BCUT2D eigenvalue weighted by Gasteiger charge is -2.34. The maximum absolute atomic E-state index is 11.5. The van der Waals surface area contributed by atoms with E-state index in [9.17, 15) is 4.79 Å². The molecule has 1 aliphatic heterocycles. The van der Waals surface area contributed by atoms with Gasteiger partial charge in [0, 0.05) is 0 Å². The van der Waals surface area contributed by atoms with Crippen LogP contribution in [0.25, 0.3) is 0 Å². The molecule has 0 radical (unpaired) electrons. The lowest BCUT2D eigenvalue weighted by atomic mass is 10.2. The first kappa shape index (κ1) is 17.0. The Morgan fingerprint density at radius 3 is 2.52 bits per heavy atom. The van der Waals surface area contributed by atoms with Crippen molar-refractivity contribution in [3.05, 3.63) is 48.5 Å². The molecule has 0 saturated carbocycles. The molecule has 0 aromatic heterocycles. The average molecular weight is 342 g/mol. The highest BCUT2D eigenvalue weighted by atomic mass is 16.5. The van der Waals surface area contributed by atoms with E-state index in [0.29, 0.717) is 32.1 Å². The second kappa shape index (κ2) is 7.79. The predicted molar refractivity (Wildman–Crippen MR) is 95.4 cm³/mol. The van der Waals surface area contributed by atoms with Crippen molar-refractivity contribution in [2.45, 2.75) is 13.0 Å². The molecule has 0 aliphatic carbocycles. The Morgan fingerprint density at radius 1 is 1.16 bits per heavy atom. The molecule has 0 saturated heterocycles. The van der Waals surface area contributed by atoms with Crippen LogP contribution < -0.4 is 24.8 Å². The number of ether oxygens (including phenoxy) is 3. The van der Waals surface area contributed by atoms with E-state index in [0.717, 1.165) is 17.2 Å². The molecule has 0 bridgehead atoms. The topological polar surface area (TPSA) is 74.0 Å². The van der Waals surface area contributed by atoms with Gasteiger partial charge in [-0.2, -0.15) is 0 Å². The molecule has 1 atom stereocenters. The summed E-state index contributed by atoms with van der Waals surface area (Å²) in [6.07, 6.45) is -0.652. The van der Waals surface area contributed by atoms with E-state index in [2.05, 4.69) is 4.90 Å². The summed E-state index contributed by atoms with van der Waals surface area (Å²) in [4.78, 5) is 13.6. The zero-order valence-electron chi connectivity index (χ0n) is 14.2. The van der Waals surface area contributed by atoms with E-state index >= 15 is 0 Å². The first-order chi connectivity index (χ1) is 12.2. The fourth-order valence-corrected chi connectivity index (χ4v) is 2.74. The predicted octanol–water partition coefficient (Wildman–Crippen LogP) is 2.22. The van der Waals surface area contributed by atoms with Gasteiger partial charge in [0.25, 0.3) is 5.91 Å². The van der Waals surface area contributed by atoms with E-state index in [-0.39, 0.29) is 0 Å².